The molecule has 1 saturated carbocycles. The summed E-state index contributed by atoms with van der Waals surface area (Å²) in [6.45, 7) is 8.97. The van der Waals surface area contributed by atoms with Crippen LogP contribution in [0.15, 0.2) is 54.5 Å². The highest BCUT2D eigenvalue weighted by Crippen LogP contribution is 2.55. The highest BCUT2D eigenvalue weighted by Gasteiger charge is 2.56. The SMILES string of the molecule is C=C=C[C@]12C=CC(=O)C[C@H]1/C(=C(\C)NO)C(=O)[C@H]2CC=C. The summed E-state index contributed by atoms with van der Waals surface area (Å²) in [5, 5.41) is 9.18. The predicted octanol–water partition coefficient (Wildman–Crippen LogP) is 2.49. The van der Waals surface area contributed by atoms with Crippen LogP contribution in [0.4, 0.5) is 0 Å². The summed E-state index contributed by atoms with van der Waals surface area (Å²) in [7, 11) is 0. The molecule has 0 aromatic carbocycles. The lowest BCUT2D eigenvalue weighted by Gasteiger charge is -2.35. The third-order valence-corrected chi connectivity index (χ3v) is 4.43. The molecule has 0 aromatic heterocycles. The number of ketones is 2. The minimum atomic E-state index is -0.617. The highest BCUT2D eigenvalue weighted by molar-refractivity contribution is 6.05. The minimum Gasteiger partial charge on any atom is -0.295 e. The van der Waals surface area contributed by atoms with E-state index in [1.165, 1.54) is 6.08 Å². The van der Waals surface area contributed by atoms with Crippen molar-refractivity contribution in [2.24, 2.45) is 17.3 Å². The van der Waals surface area contributed by atoms with Crippen molar-refractivity contribution in [1.82, 2.24) is 5.48 Å². The topological polar surface area (TPSA) is 66.4 Å². The lowest BCUT2D eigenvalue weighted by atomic mass is 9.66. The molecule has 0 heterocycles. The van der Waals surface area contributed by atoms with Gasteiger partial charge in [0.25, 0.3) is 0 Å². The van der Waals surface area contributed by atoms with Crippen LogP contribution in [0, 0.1) is 17.3 Å². The molecule has 0 spiro atoms. The van der Waals surface area contributed by atoms with E-state index >= 15 is 0 Å². The van der Waals surface area contributed by atoms with E-state index in [0.29, 0.717) is 17.7 Å². The van der Waals surface area contributed by atoms with Gasteiger partial charge < -0.3 is 0 Å². The van der Waals surface area contributed by atoms with E-state index in [-0.39, 0.29) is 29.8 Å². The van der Waals surface area contributed by atoms with Crippen LogP contribution in [0.25, 0.3) is 0 Å². The molecule has 0 unspecified atom stereocenters. The Hall–Kier alpha value is -2.16. The second-order valence-corrected chi connectivity index (χ2v) is 5.50. The average molecular weight is 285 g/mol. The Morgan fingerprint density at radius 2 is 2.33 bits per heavy atom. The van der Waals surface area contributed by atoms with Crippen LogP contribution >= 0.6 is 0 Å². The van der Waals surface area contributed by atoms with E-state index in [4.69, 9.17) is 0 Å². The van der Waals surface area contributed by atoms with E-state index in [0.717, 1.165) is 0 Å². The number of nitrogens with one attached hydrogen (secondary N) is 1. The van der Waals surface area contributed by atoms with Crippen molar-refractivity contribution in [3.8, 4) is 0 Å². The molecular weight excluding hydrogens is 266 g/mol. The van der Waals surface area contributed by atoms with Crippen molar-refractivity contribution >= 4 is 11.6 Å². The Bertz CT molecular complexity index is 608. The quantitative estimate of drug-likeness (QED) is 0.360. The lowest BCUT2D eigenvalue weighted by Crippen LogP contribution is -2.33. The van der Waals surface area contributed by atoms with E-state index in [9.17, 15) is 14.8 Å². The van der Waals surface area contributed by atoms with Gasteiger partial charge in [0.15, 0.2) is 11.6 Å². The van der Waals surface area contributed by atoms with Gasteiger partial charge in [-0.2, -0.15) is 0 Å². The largest absolute Gasteiger partial charge is 0.295 e. The van der Waals surface area contributed by atoms with E-state index in [1.807, 2.05) is 0 Å². The summed E-state index contributed by atoms with van der Waals surface area (Å²) >= 11 is 0. The maximum Gasteiger partial charge on any atom is 0.165 e. The van der Waals surface area contributed by atoms with E-state index in [1.54, 1.807) is 25.2 Å². The Kier molecular flexibility index (Phi) is 4.12. The van der Waals surface area contributed by atoms with Crippen LogP contribution in [0.2, 0.25) is 0 Å². The normalized spacial score (nSPS) is 33.2. The fourth-order valence-corrected chi connectivity index (χ4v) is 3.51. The maximum atomic E-state index is 12.8. The van der Waals surface area contributed by atoms with Gasteiger partial charge in [-0.25, -0.2) is 0 Å². The van der Waals surface area contributed by atoms with Crippen LogP contribution in [-0.2, 0) is 9.59 Å². The van der Waals surface area contributed by atoms with Gasteiger partial charge in [-0.1, -0.05) is 18.7 Å². The van der Waals surface area contributed by atoms with Crippen LogP contribution in [0.5, 0.6) is 0 Å². The van der Waals surface area contributed by atoms with Crippen LogP contribution < -0.4 is 5.48 Å². The van der Waals surface area contributed by atoms with Crippen molar-refractivity contribution in [3.05, 3.63) is 54.5 Å². The van der Waals surface area contributed by atoms with Crippen LogP contribution in [0.3, 0.4) is 0 Å². The minimum absolute atomic E-state index is 0.0246. The van der Waals surface area contributed by atoms with Crippen LogP contribution in [-0.4, -0.2) is 16.8 Å². The third kappa shape index (κ3) is 2.23. The number of allylic oxidation sites excluding steroid dienone is 6. The summed E-state index contributed by atoms with van der Waals surface area (Å²) < 4.78 is 0. The molecule has 1 fully saturated rings. The van der Waals surface area contributed by atoms with Gasteiger partial charge in [0.1, 0.15) is 0 Å². The molecule has 0 amide bonds. The zero-order valence-corrected chi connectivity index (χ0v) is 12.1. The second kappa shape index (κ2) is 5.68. The molecule has 0 bridgehead atoms. The zero-order chi connectivity index (χ0) is 15.6. The monoisotopic (exact) mass is 285 g/mol. The number of Topliss-reactive ketones (excluding diaryl/α,β-unsaturated/α-hetero) is 1. The molecule has 3 atom stereocenters. The summed E-state index contributed by atoms with van der Waals surface area (Å²) in [5.41, 5.74) is 5.08. The predicted molar refractivity (Wildman–Crippen MR) is 79.3 cm³/mol. The molecule has 4 heteroatoms. The van der Waals surface area contributed by atoms with Crippen molar-refractivity contribution in [2.75, 3.05) is 0 Å². The first-order valence-electron chi connectivity index (χ1n) is 6.86. The van der Waals surface area contributed by atoms with Gasteiger partial charge in [-0.05, 0) is 25.5 Å². The van der Waals surface area contributed by atoms with Gasteiger partial charge in [0, 0.05) is 34.9 Å². The summed E-state index contributed by atoms with van der Waals surface area (Å²) in [4.78, 5) is 24.6. The third-order valence-electron chi connectivity index (χ3n) is 4.43. The van der Waals surface area contributed by atoms with Crippen molar-refractivity contribution in [2.45, 2.75) is 19.8 Å². The summed E-state index contributed by atoms with van der Waals surface area (Å²) in [6.07, 6.45) is 7.51. The Labute approximate surface area is 124 Å². The molecule has 21 heavy (non-hydrogen) atoms. The van der Waals surface area contributed by atoms with E-state index < -0.39 is 5.41 Å². The molecule has 0 saturated heterocycles. The number of fused-ring (bicyclic) bond motifs is 1. The van der Waals surface area contributed by atoms with E-state index in [2.05, 4.69) is 24.4 Å². The number of hydrogen-bond acceptors (Lipinski definition) is 4. The molecule has 2 aliphatic carbocycles. The van der Waals surface area contributed by atoms with Crippen molar-refractivity contribution < 1.29 is 14.8 Å². The van der Waals surface area contributed by atoms with Gasteiger partial charge in [0.05, 0.1) is 0 Å². The molecule has 2 N–H and O–H groups in total. The number of hydroxylamine groups is 1. The molecule has 4 nitrogen and oxygen atoms in total. The molecule has 2 rings (SSSR count). The first kappa shape index (κ1) is 15.2. The number of carbonyl (C=O) groups excluding carboxylic acids is 2. The smallest absolute Gasteiger partial charge is 0.165 e. The molecule has 0 radical (unpaired) electrons. The second-order valence-electron chi connectivity index (χ2n) is 5.50. The Morgan fingerprint density at radius 3 is 2.90 bits per heavy atom. The van der Waals surface area contributed by atoms with Gasteiger partial charge >= 0.3 is 0 Å². The molecule has 2 aliphatic rings. The number of hydrogen-bond donors (Lipinski definition) is 2. The molecule has 0 aliphatic heterocycles. The number of rotatable bonds is 4. The standard InChI is InChI=1S/C17H19NO3/c1-4-6-13-16(20)15(11(3)18-21)14-10-12(19)7-9-17(13,14)8-5-2/h4,7-9,13-14,18,21H,1-2,6,10H2,3H3/b15-11-/t13-,14+,17-/m1/s1. The molecular formula is C17H19NO3. The summed E-state index contributed by atoms with van der Waals surface area (Å²) in [6, 6.07) is 0. The Balaban J connectivity index is 2.71. The molecule has 0 aromatic rings. The van der Waals surface area contributed by atoms with Crippen molar-refractivity contribution in [3.63, 3.8) is 0 Å². The van der Waals surface area contributed by atoms with Crippen molar-refractivity contribution in [1.29, 1.82) is 0 Å². The maximum absolute atomic E-state index is 12.8. The first-order valence-corrected chi connectivity index (χ1v) is 6.86. The van der Waals surface area contributed by atoms with Gasteiger partial charge in [-0.3, -0.25) is 20.3 Å². The molecule has 110 valence electrons. The summed E-state index contributed by atoms with van der Waals surface area (Å²) in [5.74, 6) is -0.744. The van der Waals surface area contributed by atoms with Gasteiger partial charge in [-0.15, -0.1) is 12.3 Å². The fraction of sp³-hybridized carbons (Fsp3) is 0.353. The van der Waals surface area contributed by atoms with Gasteiger partial charge in [0.2, 0.25) is 0 Å². The average Bonchev–Trinajstić information content (AvgIpc) is 2.69. The Morgan fingerprint density at radius 1 is 1.62 bits per heavy atom. The zero-order valence-electron chi connectivity index (χ0n) is 12.1. The van der Waals surface area contributed by atoms with Crippen LogP contribution in [0.1, 0.15) is 19.8 Å². The lowest BCUT2D eigenvalue weighted by molar-refractivity contribution is -0.119. The highest BCUT2D eigenvalue weighted by atomic mass is 16.5. The fourth-order valence-electron chi connectivity index (χ4n) is 3.51. The number of carbonyl (C=O) groups is 2. The first-order chi connectivity index (χ1) is 10.0.